The Morgan fingerprint density at radius 2 is 1.63 bits per heavy atom. The summed E-state index contributed by atoms with van der Waals surface area (Å²) in [6.07, 6.45) is 5.72. The number of hydrogen-bond acceptors (Lipinski definition) is 1. The van der Waals surface area contributed by atoms with Crippen molar-refractivity contribution in [3.8, 4) is 5.75 Å². The monoisotopic (exact) mass is 258 g/mol. The number of para-hydroxylation sites is 1. The highest BCUT2D eigenvalue weighted by Gasteiger charge is 2.43. The van der Waals surface area contributed by atoms with Crippen LogP contribution in [0.3, 0.4) is 0 Å². The van der Waals surface area contributed by atoms with Crippen LogP contribution in [0.4, 0.5) is 0 Å². The summed E-state index contributed by atoms with van der Waals surface area (Å²) in [5.41, 5.74) is 2.91. The van der Waals surface area contributed by atoms with Gasteiger partial charge in [-0.15, -0.1) is 0 Å². The molecule has 104 valence electrons. The van der Waals surface area contributed by atoms with E-state index in [0.29, 0.717) is 5.92 Å². The molecule has 0 heterocycles. The third kappa shape index (κ3) is 2.66. The summed E-state index contributed by atoms with van der Waals surface area (Å²) in [7, 11) is 0. The molecule has 2 aliphatic carbocycles. The molecule has 0 N–H and O–H groups in total. The van der Waals surface area contributed by atoms with Gasteiger partial charge >= 0.3 is 0 Å². The first kappa shape index (κ1) is 13.0. The van der Waals surface area contributed by atoms with Gasteiger partial charge in [-0.3, -0.25) is 0 Å². The molecule has 1 heteroatoms. The van der Waals surface area contributed by atoms with E-state index in [9.17, 15) is 0 Å². The fourth-order valence-corrected chi connectivity index (χ4v) is 3.41. The minimum atomic E-state index is 0.542. The van der Waals surface area contributed by atoms with Crippen molar-refractivity contribution in [3.05, 3.63) is 29.3 Å². The first-order valence-corrected chi connectivity index (χ1v) is 7.98. The molecule has 2 saturated carbocycles. The first-order chi connectivity index (χ1) is 9.22. The second kappa shape index (κ2) is 5.19. The zero-order chi connectivity index (χ0) is 13.4. The van der Waals surface area contributed by atoms with Crippen molar-refractivity contribution in [1.82, 2.24) is 0 Å². The van der Waals surface area contributed by atoms with E-state index in [1.807, 2.05) is 0 Å². The molecule has 2 aliphatic rings. The Morgan fingerprint density at radius 1 is 1.05 bits per heavy atom. The molecule has 1 nitrogen and oxygen atoms in total. The molecule has 0 amide bonds. The zero-order valence-electron chi connectivity index (χ0n) is 12.5. The lowest BCUT2D eigenvalue weighted by Gasteiger charge is -2.23. The molecular formula is C18H26O. The summed E-state index contributed by atoms with van der Waals surface area (Å²) < 4.78 is 6.07. The van der Waals surface area contributed by atoms with E-state index in [-0.39, 0.29) is 0 Å². The summed E-state index contributed by atoms with van der Waals surface area (Å²) in [5.74, 6) is 4.41. The van der Waals surface area contributed by atoms with Crippen molar-refractivity contribution in [3.63, 3.8) is 0 Å². The fraction of sp³-hybridized carbons (Fsp3) is 0.667. The minimum Gasteiger partial charge on any atom is -0.493 e. The molecule has 2 fully saturated rings. The third-order valence-corrected chi connectivity index (χ3v) is 4.61. The number of benzene rings is 1. The van der Waals surface area contributed by atoms with E-state index >= 15 is 0 Å². The smallest absolute Gasteiger partial charge is 0.126 e. The Bertz CT molecular complexity index is 429. The highest BCUT2D eigenvalue weighted by atomic mass is 16.5. The Hall–Kier alpha value is -0.980. The summed E-state index contributed by atoms with van der Waals surface area (Å²) in [6, 6.07) is 6.82. The van der Waals surface area contributed by atoms with Crippen molar-refractivity contribution in [2.45, 2.75) is 58.3 Å². The maximum Gasteiger partial charge on any atom is 0.126 e. The number of rotatable bonds is 6. The van der Waals surface area contributed by atoms with Crippen molar-refractivity contribution in [1.29, 1.82) is 0 Å². The van der Waals surface area contributed by atoms with Crippen LogP contribution in [-0.2, 0) is 0 Å². The van der Waals surface area contributed by atoms with Crippen molar-refractivity contribution in [2.75, 3.05) is 6.61 Å². The van der Waals surface area contributed by atoms with Crippen molar-refractivity contribution in [2.24, 2.45) is 11.8 Å². The van der Waals surface area contributed by atoms with Gasteiger partial charge in [0.15, 0.2) is 0 Å². The zero-order valence-corrected chi connectivity index (χ0v) is 12.5. The molecule has 0 aromatic heterocycles. The lowest BCUT2D eigenvalue weighted by molar-refractivity contribution is 0.325. The number of hydrogen-bond donors (Lipinski definition) is 0. The molecule has 0 spiro atoms. The molecular weight excluding hydrogens is 232 g/mol. The van der Waals surface area contributed by atoms with Crippen LogP contribution in [0.5, 0.6) is 5.75 Å². The van der Waals surface area contributed by atoms with Gasteiger partial charge in [-0.1, -0.05) is 32.0 Å². The largest absolute Gasteiger partial charge is 0.493 e. The van der Waals surface area contributed by atoms with Crippen LogP contribution in [0.25, 0.3) is 0 Å². The average Bonchev–Trinajstić information content (AvgIpc) is 3.25. The molecule has 0 bridgehead atoms. The molecule has 0 atom stereocenters. The maximum absolute atomic E-state index is 6.07. The van der Waals surface area contributed by atoms with E-state index in [1.165, 1.54) is 42.6 Å². The van der Waals surface area contributed by atoms with Crippen molar-refractivity contribution >= 4 is 0 Å². The van der Waals surface area contributed by atoms with E-state index < -0.39 is 0 Å². The standard InChI is InChI=1S/C18H26O/c1-4-19-18-15(12(2)3)6-5-7-16(18)17(13-8-9-13)14-10-11-14/h5-7,12-14,17H,4,8-11H2,1-3H3. The summed E-state index contributed by atoms with van der Waals surface area (Å²) >= 11 is 0. The summed E-state index contributed by atoms with van der Waals surface area (Å²) in [5, 5.41) is 0. The lowest BCUT2D eigenvalue weighted by atomic mass is 9.86. The molecule has 3 rings (SSSR count). The van der Waals surface area contributed by atoms with Crippen LogP contribution in [0.1, 0.15) is 69.4 Å². The highest BCUT2D eigenvalue weighted by Crippen LogP contribution is 2.56. The van der Waals surface area contributed by atoms with E-state index in [1.54, 1.807) is 0 Å². The maximum atomic E-state index is 6.07. The molecule has 0 saturated heterocycles. The molecule has 1 aromatic carbocycles. The molecule has 0 aliphatic heterocycles. The highest BCUT2D eigenvalue weighted by molar-refractivity contribution is 5.46. The van der Waals surface area contributed by atoms with Gasteiger partial charge in [-0.05, 0) is 67.4 Å². The number of ether oxygens (including phenoxy) is 1. The minimum absolute atomic E-state index is 0.542. The Balaban J connectivity index is 2.00. The lowest BCUT2D eigenvalue weighted by Crippen LogP contribution is -2.09. The van der Waals surface area contributed by atoms with Crippen LogP contribution in [0.15, 0.2) is 18.2 Å². The molecule has 0 unspecified atom stereocenters. The van der Waals surface area contributed by atoms with Crippen LogP contribution in [0.2, 0.25) is 0 Å². The average molecular weight is 258 g/mol. The second-order valence-corrected chi connectivity index (χ2v) is 6.55. The topological polar surface area (TPSA) is 9.23 Å². The Morgan fingerprint density at radius 3 is 2.11 bits per heavy atom. The Labute approximate surface area is 117 Å². The quantitative estimate of drug-likeness (QED) is 0.688. The fourth-order valence-electron chi connectivity index (χ4n) is 3.41. The van der Waals surface area contributed by atoms with Gasteiger partial charge in [-0.25, -0.2) is 0 Å². The van der Waals surface area contributed by atoms with Crippen LogP contribution in [0, 0.1) is 11.8 Å². The second-order valence-electron chi connectivity index (χ2n) is 6.55. The summed E-state index contributed by atoms with van der Waals surface area (Å²) in [6.45, 7) is 7.42. The molecule has 1 aromatic rings. The van der Waals surface area contributed by atoms with Gasteiger partial charge in [0.05, 0.1) is 6.61 Å². The van der Waals surface area contributed by atoms with E-state index in [0.717, 1.165) is 24.4 Å². The van der Waals surface area contributed by atoms with Gasteiger partial charge in [0.2, 0.25) is 0 Å². The van der Waals surface area contributed by atoms with Gasteiger partial charge in [0, 0.05) is 0 Å². The van der Waals surface area contributed by atoms with E-state index in [2.05, 4.69) is 39.0 Å². The van der Waals surface area contributed by atoms with Crippen LogP contribution in [-0.4, -0.2) is 6.61 Å². The van der Waals surface area contributed by atoms with Gasteiger partial charge in [0.1, 0.15) is 5.75 Å². The first-order valence-electron chi connectivity index (χ1n) is 7.98. The Kier molecular flexibility index (Phi) is 3.56. The SMILES string of the molecule is CCOc1c(C(C)C)cccc1C(C1CC1)C1CC1. The van der Waals surface area contributed by atoms with Gasteiger partial charge in [0.25, 0.3) is 0 Å². The predicted molar refractivity (Wildman–Crippen MR) is 79.9 cm³/mol. The third-order valence-electron chi connectivity index (χ3n) is 4.61. The molecule has 19 heavy (non-hydrogen) atoms. The van der Waals surface area contributed by atoms with Crippen LogP contribution < -0.4 is 4.74 Å². The van der Waals surface area contributed by atoms with Gasteiger partial charge in [-0.2, -0.15) is 0 Å². The van der Waals surface area contributed by atoms with Gasteiger partial charge < -0.3 is 4.74 Å². The molecule has 0 radical (unpaired) electrons. The normalized spacial score (nSPS) is 19.2. The van der Waals surface area contributed by atoms with Crippen LogP contribution >= 0.6 is 0 Å². The van der Waals surface area contributed by atoms with Crippen molar-refractivity contribution < 1.29 is 4.74 Å². The predicted octanol–water partition coefficient (Wildman–Crippen LogP) is 5.11. The summed E-state index contributed by atoms with van der Waals surface area (Å²) in [4.78, 5) is 0. The van der Waals surface area contributed by atoms with E-state index in [4.69, 9.17) is 4.74 Å².